The summed E-state index contributed by atoms with van der Waals surface area (Å²) >= 11 is 2.40. The maximum absolute atomic E-state index is 12.7. The number of benzene rings is 1. The van der Waals surface area contributed by atoms with Crippen LogP contribution in [0.1, 0.15) is 16.1 Å². The molecule has 3 rings (SSSR count). The van der Waals surface area contributed by atoms with Crippen molar-refractivity contribution in [2.24, 2.45) is 0 Å². The topological polar surface area (TPSA) is 34.4 Å². The molecule has 0 bridgehead atoms. The highest BCUT2D eigenvalue weighted by atomic mass is 32.2. The molecule has 2 heterocycles. The van der Waals surface area contributed by atoms with E-state index in [-0.39, 0.29) is 0 Å². The predicted molar refractivity (Wildman–Crippen MR) is 74.0 cm³/mol. The molecule has 0 N–H and O–H groups in total. The molecule has 0 spiro atoms. The van der Waals surface area contributed by atoms with Crippen molar-refractivity contribution in [3.63, 3.8) is 0 Å². The van der Waals surface area contributed by atoms with Gasteiger partial charge in [0.05, 0.1) is 5.56 Å². The molecule has 0 unspecified atom stereocenters. The van der Waals surface area contributed by atoms with Crippen LogP contribution in [-0.2, 0) is 6.18 Å². The van der Waals surface area contributed by atoms with Gasteiger partial charge in [-0.2, -0.15) is 13.2 Å². The van der Waals surface area contributed by atoms with E-state index in [1.807, 2.05) is 0 Å². The second-order valence-corrected chi connectivity index (χ2v) is 6.04. The van der Waals surface area contributed by atoms with E-state index in [1.54, 1.807) is 22.0 Å². The zero-order valence-electron chi connectivity index (χ0n) is 10.3. The fourth-order valence-corrected chi connectivity index (χ4v) is 3.53. The molecule has 0 saturated carbocycles. The van der Waals surface area contributed by atoms with Crippen LogP contribution in [0.2, 0.25) is 0 Å². The number of hydrogen-bond acceptors (Lipinski definition) is 4. The number of aldehydes is 1. The van der Waals surface area contributed by atoms with E-state index >= 15 is 0 Å². The van der Waals surface area contributed by atoms with E-state index in [9.17, 15) is 18.0 Å². The van der Waals surface area contributed by atoms with Gasteiger partial charge in [-0.15, -0.1) is 11.3 Å². The number of rotatable bonds is 3. The molecule has 108 valence electrons. The van der Waals surface area contributed by atoms with Crippen molar-refractivity contribution in [3.8, 4) is 0 Å². The first-order valence-electron chi connectivity index (χ1n) is 5.75. The van der Waals surface area contributed by atoms with Gasteiger partial charge in [0.25, 0.3) is 0 Å². The first-order valence-corrected chi connectivity index (χ1v) is 7.44. The average molecular weight is 328 g/mol. The minimum absolute atomic E-state index is 0.341. The van der Waals surface area contributed by atoms with Crippen molar-refractivity contribution in [1.29, 1.82) is 0 Å². The molecule has 0 aliphatic heterocycles. The highest BCUT2D eigenvalue weighted by Gasteiger charge is 2.30. The molecule has 0 aliphatic rings. The van der Waals surface area contributed by atoms with Crippen LogP contribution in [0.15, 0.2) is 45.8 Å². The molecule has 0 saturated heterocycles. The lowest BCUT2D eigenvalue weighted by molar-refractivity contribution is -0.137. The number of imidazole rings is 1. The fourth-order valence-electron chi connectivity index (χ4n) is 1.81. The zero-order chi connectivity index (χ0) is 15.0. The van der Waals surface area contributed by atoms with Gasteiger partial charge in [-0.05, 0) is 18.2 Å². The van der Waals surface area contributed by atoms with E-state index in [4.69, 9.17) is 0 Å². The normalized spacial score (nSPS) is 12.0. The monoisotopic (exact) mass is 328 g/mol. The van der Waals surface area contributed by atoms with Crippen molar-refractivity contribution < 1.29 is 18.0 Å². The molecule has 0 atom stereocenters. The molecule has 2 aromatic heterocycles. The summed E-state index contributed by atoms with van der Waals surface area (Å²) in [5, 5.41) is 2.19. The van der Waals surface area contributed by atoms with E-state index in [1.165, 1.54) is 17.4 Å². The summed E-state index contributed by atoms with van der Waals surface area (Å²) in [6.07, 6.45) is -2.03. The summed E-state index contributed by atoms with van der Waals surface area (Å²) in [4.78, 5) is 16.4. The van der Waals surface area contributed by atoms with Gasteiger partial charge in [0, 0.05) is 16.5 Å². The highest BCUT2D eigenvalue weighted by Crippen LogP contribution is 2.35. The SMILES string of the molecule is O=Cc1c(Sc2cccc(C(F)(F)F)c2)nc2sccn12. The van der Waals surface area contributed by atoms with Crippen LogP contribution >= 0.6 is 23.1 Å². The first kappa shape index (κ1) is 14.2. The van der Waals surface area contributed by atoms with Gasteiger partial charge in [0.15, 0.2) is 11.2 Å². The Morgan fingerprint density at radius 1 is 1.33 bits per heavy atom. The minimum Gasteiger partial charge on any atom is -0.296 e. The second kappa shape index (κ2) is 5.19. The van der Waals surface area contributed by atoms with E-state index in [2.05, 4.69) is 4.98 Å². The number of thiazole rings is 1. The molecular weight excluding hydrogens is 321 g/mol. The molecule has 0 amide bonds. The van der Waals surface area contributed by atoms with Gasteiger partial charge < -0.3 is 0 Å². The molecule has 3 aromatic rings. The van der Waals surface area contributed by atoms with Gasteiger partial charge in [-0.3, -0.25) is 9.20 Å². The van der Waals surface area contributed by atoms with Gasteiger partial charge in [-0.25, -0.2) is 4.98 Å². The minimum atomic E-state index is -4.39. The first-order chi connectivity index (χ1) is 9.99. The third-order valence-corrected chi connectivity index (χ3v) is 4.49. The van der Waals surface area contributed by atoms with Crippen molar-refractivity contribution in [1.82, 2.24) is 9.38 Å². The molecule has 0 radical (unpaired) electrons. The zero-order valence-corrected chi connectivity index (χ0v) is 11.9. The average Bonchev–Trinajstić information content (AvgIpc) is 2.98. The van der Waals surface area contributed by atoms with E-state index < -0.39 is 11.7 Å². The number of carbonyl (C=O) groups is 1. The largest absolute Gasteiger partial charge is 0.416 e. The molecule has 0 aliphatic carbocycles. The Balaban J connectivity index is 1.98. The number of halogens is 3. The van der Waals surface area contributed by atoms with Crippen LogP contribution in [-0.4, -0.2) is 15.7 Å². The summed E-state index contributed by atoms with van der Waals surface area (Å²) in [5.74, 6) is 0. The van der Waals surface area contributed by atoms with Crippen LogP contribution in [0.25, 0.3) is 4.96 Å². The van der Waals surface area contributed by atoms with E-state index in [0.29, 0.717) is 26.9 Å². The summed E-state index contributed by atoms with van der Waals surface area (Å²) in [7, 11) is 0. The Kier molecular flexibility index (Phi) is 3.50. The van der Waals surface area contributed by atoms with E-state index in [0.717, 1.165) is 23.9 Å². The Hall–Kier alpha value is -1.80. The molecule has 1 aromatic carbocycles. The van der Waals surface area contributed by atoms with Crippen LogP contribution in [0, 0.1) is 0 Å². The van der Waals surface area contributed by atoms with Gasteiger partial charge in [0.2, 0.25) is 0 Å². The van der Waals surface area contributed by atoms with Crippen LogP contribution in [0.5, 0.6) is 0 Å². The quantitative estimate of drug-likeness (QED) is 0.669. The summed E-state index contributed by atoms with van der Waals surface area (Å²) in [6.45, 7) is 0. The summed E-state index contributed by atoms with van der Waals surface area (Å²) in [5.41, 5.74) is -0.380. The number of hydrogen-bond donors (Lipinski definition) is 0. The Labute approximate surface area is 125 Å². The van der Waals surface area contributed by atoms with Gasteiger partial charge in [-0.1, -0.05) is 17.8 Å². The van der Waals surface area contributed by atoms with Crippen LogP contribution < -0.4 is 0 Å². The van der Waals surface area contributed by atoms with Crippen LogP contribution in [0.4, 0.5) is 13.2 Å². The number of carbonyl (C=O) groups excluding carboxylic acids is 1. The Morgan fingerprint density at radius 3 is 2.86 bits per heavy atom. The van der Waals surface area contributed by atoms with Crippen LogP contribution in [0.3, 0.4) is 0 Å². The summed E-state index contributed by atoms with van der Waals surface area (Å²) < 4.78 is 39.7. The second-order valence-electron chi connectivity index (χ2n) is 4.10. The highest BCUT2D eigenvalue weighted by molar-refractivity contribution is 7.99. The van der Waals surface area contributed by atoms with Gasteiger partial charge in [0.1, 0.15) is 10.7 Å². The molecule has 21 heavy (non-hydrogen) atoms. The number of nitrogens with zero attached hydrogens (tertiary/aromatic N) is 2. The van der Waals surface area contributed by atoms with Crippen molar-refractivity contribution >= 4 is 34.3 Å². The third kappa shape index (κ3) is 2.68. The lowest BCUT2D eigenvalue weighted by Gasteiger charge is -2.07. The Morgan fingerprint density at radius 2 is 2.14 bits per heavy atom. The maximum Gasteiger partial charge on any atom is 0.416 e. The smallest absolute Gasteiger partial charge is 0.296 e. The molecule has 3 nitrogen and oxygen atoms in total. The third-order valence-electron chi connectivity index (χ3n) is 2.75. The number of aromatic nitrogens is 2. The predicted octanol–water partition coefficient (Wildman–Crippen LogP) is 4.38. The van der Waals surface area contributed by atoms with Crippen molar-refractivity contribution in [2.75, 3.05) is 0 Å². The molecule has 8 heteroatoms. The lowest BCUT2D eigenvalue weighted by Crippen LogP contribution is -2.04. The standard InChI is InChI=1S/C13H7F3N2OS2/c14-13(15,16)8-2-1-3-9(6-8)21-11-10(7-19)18-4-5-20-12(18)17-11/h1-7H. The lowest BCUT2D eigenvalue weighted by atomic mass is 10.2. The summed E-state index contributed by atoms with van der Waals surface area (Å²) in [6, 6.07) is 4.95. The molecular formula is C13H7F3N2OS2. The van der Waals surface area contributed by atoms with Gasteiger partial charge >= 0.3 is 6.18 Å². The number of fused-ring (bicyclic) bond motifs is 1. The number of alkyl halides is 3. The fraction of sp³-hybridized carbons (Fsp3) is 0.0769. The maximum atomic E-state index is 12.7. The Bertz CT molecular complexity index is 807. The van der Waals surface area contributed by atoms with Crippen molar-refractivity contribution in [3.05, 3.63) is 47.1 Å². The molecule has 0 fully saturated rings. The van der Waals surface area contributed by atoms with Crippen molar-refractivity contribution in [2.45, 2.75) is 16.1 Å².